The number of hydrogen-bond acceptors (Lipinski definition) is 5. The number of nitrogens with zero attached hydrogens (tertiary/aromatic N) is 2. The summed E-state index contributed by atoms with van der Waals surface area (Å²) >= 11 is 1.43. The van der Waals surface area contributed by atoms with Crippen LogP contribution >= 0.6 is 11.3 Å². The minimum atomic E-state index is 0.0538. The van der Waals surface area contributed by atoms with Gasteiger partial charge in [-0.3, -0.25) is 4.79 Å². The van der Waals surface area contributed by atoms with Crippen molar-refractivity contribution in [1.29, 1.82) is 0 Å². The van der Waals surface area contributed by atoms with Crippen LogP contribution in [-0.2, 0) is 11.2 Å². The van der Waals surface area contributed by atoms with Gasteiger partial charge >= 0.3 is 0 Å². The Hall–Kier alpha value is -1.95. The fraction of sp³-hybridized carbons (Fsp3) is 0.500. The molecule has 2 aromatic rings. The molecule has 1 amide bonds. The molecule has 1 aromatic carbocycles. The third-order valence-corrected chi connectivity index (χ3v) is 4.82. The second-order valence-electron chi connectivity index (χ2n) is 5.76. The Balaban J connectivity index is 1.93. The predicted molar refractivity (Wildman–Crippen MR) is 97.6 cm³/mol. The highest BCUT2D eigenvalue weighted by Gasteiger charge is 2.17. The molecule has 0 aliphatic heterocycles. The molecule has 1 atom stereocenters. The predicted octanol–water partition coefficient (Wildman–Crippen LogP) is 4.29. The van der Waals surface area contributed by atoms with E-state index in [1.54, 1.807) is 7.11 Å². The number of ether oxygens (including phenoxy) is 1. The smallest absolute Gasteiger partial charge is 0.229 e. The van der Waals surface area contributed by atoms with Crippen molar-refractivity contribution in [2.75, 3.05) is 12.4 Å². The lowest BCUT2D eigenvalue weighted by molar-refractivity contribution is -0.120. The van der Waals surface area contributed by atoms with Crippen molar-refractivity contribution in [3.63, 3.8) is 0 Å². The maximum atomic E-state index is 12.3. The van der Waals surface area contributed by atoms with E-state index in [0.29, 0.717) is 11.6 Å². The summed E-state index contributed by atoms with van der Waals surface area (Å²) in [6, 6.07) is 7.88. The van der Waals surface area contributed by atoms with E-state index >= 15 is 0 Å². The molecule has 0 saturated carbocycles. The number of aromatic nitrogens is 2. The summed E-state index contributed by atoms with van der Waals surface area (Å²) in [5, 5.41) is 12.7. The second-order valence-corrected chi connectivity index (χ2v) is 6.82. The van der Waals surface area contributed by atoms with Crippen LogP contribution in [0.2, 0.25) is 0 Å². The number of methoxy groups -OCH3 is 1. The van der Waals surface area contributed by atoms with Crippen molar-refractivity contribution in [3.05, 3.63) is 34.8 Å². The average molecular weight is 347 g/mol. The van der Waals surface area contributed by atoms with E-state index in [9.17, 15) is 4.79 Å². The van der Waals surface area contributed by atoms with Gasteiger partial charge in [0.2, 0.25) is 11.0 Å². The van der Waals surface area contributed by atoms with E-state index in [-0.39, 0.29) is 11.8 Å². The Morgan fingerprint density at radius 3 is 2.62 bits per heavy atom. The van der Waals surface area contributed by atoms with Gasteiger partial charge in [0.25, 0.3) is 0 Å². The first kappa shape index (κ1) is 18.4. The van der Waals surface area contributed by atoms with Gasteiger partial charge in [-0.05, 0) is 30.5 Å². The van der Waals surface area contributed by atoms with Crippen LogP contribution in [0.15, 0.2) is 24.3 Å². The third-order valence-electron chi connectivity index (χ3n) is 3.98. The van der Waals surface area contributed by atoms with Crippen LogP contribution in [0.25, 0.3) is 0 Å². The Kier molecular flexibility index (Phi) is 7.18. The normalized spacial score (nSPS) is 12.0. The molecule has 1 N–H and O–H groups in total. The summed E-state index contributed by atoms with van der Waals surface area (Å²) in [5.74, 6) is 0.943. The standard InChI is InChI=1S/C18H25N3O2S/c1-4-6-7-14(5-2)17(22)19-18-21-20-16(24-18)12-13-8-10-15(23-3)11-9-13/h8-11,14H,4-7,12H2,1-3H3,(H,19,21,22). The molecule has 1 aromatic heterocycles. The van der Waals surface area contributed by atoms with Crippen LogP contribution in [-0.4, -0.2) is 23.2 Å². The van der Waals surface area contributed by atoms with Crippen molar-refractivity contribution in [1.82, 2.24) is 10.2 Å². The number of hydrogen-bond donors (Lipinski definition) is 1. The van der Waals surface area contributed by atoms with Gasteiger partial charge in [0.1, 0.15) is 10.8 Å². The largest absolute Gasteiger partial charge is 0.497 e. The van der Waals surface area contributed by atoms with Crippen molar-refractivity contribution < 1.29 is 9.53 Å². The summed E-state index contributed by atoms with van der Waals surface area (Å²) in [6.07, 6.45) is 4.66. The van der Waals surface area contributed by atoms with E-state index in [1.165, 1.54) is 11.3 Å². The van der Waals surface area contributed by atoms with Crippen LogP contribution in [0, 0.1) is 5.92 Å². The van der Waals surface area contributed by atoms with Gasteiger partial charge in [0, 0.05) is 12.3 Å². The van der Waals surface area contributed by atoms with Crippen molar-refractivity contribution in [2.45, 2.75) is 46.0 Å². The minimum Gasteiger partial charge on any atom is -0.497 e. The third kappa shape index (κ3) is 5.30. The lowest BCUT2D eigenvalue weighted by atomic mass is 9.99. The molecule has 0 bridgehead atoms. The molecule has 0 radical (unpaired) electrons. The molecule has 0 aliphatic carbocycles. The molecule has 0 spiro atoms. The zero-order valence-electron chi connectivity index (χ0n) is 14.5. The Morgan fingerprint density at radius 2 is 2.00 bits per heavy atom. The number of nitrogens with one attached hydrogen (secondary N) is 1. The van der Waals surface area contributed by atoms with Crippen molar-refractivity contribution >= 4 is 22.4 Å². The maximum Gasteiger partial charge on any atom is 0.229 e. The summed E-state index contributed by atoms with van der Waals surface area (Å²) in [5.41, 5.74) is 1.14. The molecule has 1 unspecified atom stereocenters. The van der Waals surface area contributed by atoms with Crippen LogP contribution in [0.4, 0.5) is 5.13 Å². The molecule has 2 rings (SSSR count). The average Bonchev–Trinajstić information content (AvgIpc) is 3.03. The molecule has 5 nitrogen and oxygen atoms in total. The second kappa shape index (κ2) is 9.37. The summed E-state index contributed by atoms with van der Waals surface area (Å²) < 4.78 is 5.16. The Labute approximate surface area is 147 Å². The fourth-order valence-electron chi connectivity index (χ4n) is 2.47. The fourth-order valence-corrected chi connectivity index (χ4v) is 3.25. The SMILES string of the molecule is CCCCC(CC)C(=O)Nc1nnc(Cc2ccc(OC)cc2)s1. The van der Waals surface area contributed by atoms with Gasteiger partial charge in [-0.1, -0.05) is 50.2 Å². The van der Waals surface area contributed by atoms with Crippen LogP contribution in [0.3, 0.4) is 0 Å². The van der Waals surface area contributed by atoms with E-state index in [2.05, 4.69) is 29.4 Å². The van der Waals surface area contributed by atoms with Crippen molar-refractivity contribution in [2.24, 2.45) is 5.92 Å². The number of rotatable bonds is 9. The maximum absolute atomic E-state index is 12.3. The van der Waals surface area contributed by atoms with Crippen molar-refractivity contribution in [3.8, 4) is 5.75 Å². The van der Waals surface area contributed by atoms with E-state index < -0.39 is 0 Å². The monoisotopic (exact) mass is 347 g/mol. The van der Waals surface area contributed by atoms with Gasteiger partial charge in [0.05, 0.1) is 7.11 Å². The highest BCUT2D eigenvalue weighted by atomic mass is 32.1. The van der Waals surface area contributed by atoms with Gasteiger partial charge in [0.15, 0.2) is 0 Å². The number of carbonyl (C=O) groups excluding carboxylic acids is 1. The molecule has 1 heterocycles. The number of anilines is 1. The Morgan fingerprint density at radius 1 is 1.25 bits per heavy atom. The lowest BCUT2D eigenvalue weighted by Gasteiger charge is -2.12. The zero-order chi connectivity index (χ0) is 17.4. The molecular formula is C18H25N3O2S. The highest BCUT2D eigenvalue weighted by molar-refractivity contribution is 7.15. The van der Waals surface area contributed by atoms with Gasteiger partial charge in [-0.25, -0.2) is 0 Å². The lowest BCUT2D eigenvalue weighted by Crippen LogP contribution is -2.22. The van der Waals surface area contributed by atoms with Gasteiger partial charge < -0.3 is 10.1 Å². The quantitative estimate of drug-likeness (QED) is 0.735. The van der Waals surface area contributed by atoms with Gasteiger partial charge in [-0.15, -0.1) is 10.2 Å². The first-order valence-corrected chi connectivity index (χ1v) is 9.24. The van der Waals surface area contributed by atoms with E-state index in [4.69, 9.17) is 4.74 Å². The molecule has 0 saturated heterocycles. The Bertz CT molecular complexity index is 640. The molecule has 130 valence electrons. The van der Waals surface area contributed by atoms with E-state index in [1.807, 2.05) is 24.3 Å². The van der Waals surface area contributed by atoms with Gasteiger partial charge in [-0.2, -0.15) is 0 Å². The molecular weight excluding hydrogens is 322 g/mol. The summed E-state index contributed by atoms with van der Waals surface area (Å²) in [4.78, 5) is 12.3. The molecule has 0 aliphatic rings. The zero-order valence-corrected chi connectivity index (χ0v) is 15.4. The summed E-state index contributed by atoms with van der Waals surface area (Å²) in [7, 11) is 1.65. The van der Waals surface area contributed by atoms with Crippen LogP contribution in [0.1, 0.15) is 50.1 Å². The first-order chi connectivity index (χ1) is 11.7. The number of benzene rings is 1. The summed E-state index contributed by atoms with van der Waals surface area (Å²) in [6.45, 7) is 4.19. The first-order valence-electron chi connectivity index (χ1n) is 8.42. The van der Waals surface area contributed by atoms with Crippen LogP contribution < -0.4 is 10.1 Å². The number of carbonyl (C=O) groups is 1. The molecule has 6 heteroatoms. The number of amides is 1. The topological polar surface area (TPSA) is 64.1 Å². The molecule has 0 fully saturated rings. The highest BCUT2D eigenvalue weighted by Crippen LogP contribution is 2.22. The van der Waals surface area contributed by atoms with Crippen LogP contribution in [0.5, 0.6) is 5.75 Å². The molecule has 24 heavy (non-hydrogen) atoms. The number of unbranched alkanes of at least 4 members (excludes halogenated alkanes) is 1. The minimum absolute atomic E-state index is 0.0538. The van der Waals surface area contributed by atoms with E-state index in [0.717, 1.165) is 42.0 Å².